The van der Waals surface area contributed by atoms with Crippen molar-refractivity contribution in [2.75, 3.05) is 5.75 Å². The highest BCUT2D eigenvalue weighted by atomic mass is 32.2. The standard InChI is InChI=1S/C6H8N2S/c1-2-9-6-3-4-7-5-8-6/h3-5H,2H2,1H3. The molecule has 2 nitrogen and oxygen atoms in total. The SMILES string of the molecule is CCSc1ccncn1. The van der Waals surface area contributed by atoms with Gasteiger partial charge in [-0.2, -0.15) is 0 Å². The zero-order valence-electron chi connectivity index (χ0n) is 5.24. The molecule has 0 aliphatic carbocycles. The maximum absolute atomic E-state index is 4.02. The molecule has 0 atom stereocenters. The van der Waals surface area contributed by atoms with Gasteiger partial charge in [-0.05, 0) is 11.8 Å². The Balaban J connectivity index is 2.61. The Morgan fingerprint density at radius 3 is 3.11 bits per heavy atom. The molecule has 0 aromatic carbocycles. The van der Waals surface area contributed by atoms with E-state index in [2.05, 4.69) is 16.9 Å². The zero-order valence-corrected chi connectivity index (χ0v) is 6.06. The first-order valence-corrected chi connectivity index (χ1v) is 3.81. The molecule has 3 heteroatoms. The van der Waals surface area contributed by atoms with Crippen LogP contribution < -0.4 is 0 Å². The molecule has 0 fully saturated rings. The van der Waals surface area contributed by atoms with Gasteiger partial charge in [-0.25, -0.2) is 9.97 Å². The normalized spacial score (nSPS) is 9.44. The van der Waals surface area contributed by atoms with Gasteiger partial charge in [-0.3, -0.25) is 0 Å². The van der Waals surface area contributed by atoms with Crippen LogP contribution in [0, 0.1) is 0 Å². The van der Waals surface area contributed by atoms with Gasteiger partial charge >= 0.3 is 0 Å². The minimum atomic E-state index is 1.05. The maximum Gasteiger partial charge on any atom is 0.116 e. The second-order valence-electron chi connectivity index (χ2n) is 1.48. The summed E-state index contributed by atoms with van der Waals surface area (Å²) in [4.78, 5) is 7.82. The maximum atomic E-state index is 4.02. The van der Waals surface area contributed by atoms with Gasteiger partial charge in [0.1, 0.15) is 6.33 Å². The smallest absolute Gasteiger partial charge is 0.116 e. The van der Waals surface area contributed by atoms with Crippen molar-refractivity contribution < 1.29 is 0 Å². The van der Waals surface area contributed by atoms with Gasteiger partial charge in [0.25, 0.3) is 0 Å². The van der Waals surface area contributed by atoms with E-state index in [-0.39, 0.29) is 0 Å². The Hall–Kier alpha value is -0.570. The largest absolute Gasteiger partial charge is 0.245 e. The summed E-state index contributed by atoms with van der Waals surface area (Å²) in [6, 6.07) is 1.91. The Labute approximate surface area is 58.7 Å². The molecule has 0 saturated carbocycles. The van der Waals surface area contributed by atoms with Crippen molar-refractivity contribution in [3.63, 3.8) is 0 Å². The highest BCUT2D eigenvalue weighted by Gasteiger charge is 1.87. The Bertz CT molecular complexity index is 164. The van der Waals surface area contributed by atoms with E-state index in [0.717, 1.165) is 10.8 Å². The number of hydrogen-bond donors (Lipinski definition) is 0. The molecule has 0 amide bonds. The average molecular weight is 140 g/mol. The Morgan fingerprint density at radius 2 is 2.56 bits per heavy atom. The van der Waals surface area contributed by atoms with Crippen LogP contribution in [0.1, 0.15) is 6.92 Å². The number of aromatic nitrogens is 2. The first-order chi connectivity index (χ1) is 4.43. The van der Waals surface area contributed by atoms with Gasteiger partial charge in [-0.15, -0.1) is 11.8 Å². The zero-order chi connectivity index (χ0) is 6.53. The molecule has 0 bridgehead atoms. The molecule has 1 rings (SSSR count). The molecule has 0 radical (unpaired) electrons. The monoisotopic (exact) mass is 140 g/mol. The average Bonchev–Trinajstić information content (AvgIpc) is 1.91. The summed E-state index contributed by atoms with van der Waals surface area (Å²) in [7, 11) is 0. The fourth-order valence-corrected chi connectivity index (χ4v) is 1.09. The summed E-state index contributed by atoms with van der Waals surface area (Å²) < 4.78 is 0. The van der Waals surface area contributed by atoms with E-state index in [4.69, 9.17) is 0 Å². The van der Waals surface area contributed by atoms with Crippen molar-refractivity contribution >= 4 is 11.8 Å². The summed E-state index contributed by atoms with van der Waals surface area (Å²) in [5.74, 6) is 1.07. The Morgan fingerprint density at radius 1 is 1.67 bits per heavy atom. The second-order valence-corrected chi connectivity index (χ2v) is 2.76. The summed E-state index contributed by atoms with van der Waals surface area (Å²) >= 11 is 1.72. The van der Waals surface area contributed by atoms with Gasteiger partial charge < -0.3 is 0 Å². The van der Waals surface area contributed by atoms with E-state index in [1.165, 1.54) is 0 Å². The molecule has 0 spiro atoms. The molecule has 0 saturated heterocycles. The molecule has 1 aromatic rings. The lowest BCUT2D eigenvalue weighted by Crippen LogP contribution is -1.79. The fourth-order valence-electron chi connectivity index (χ4n) is 0.512. The third kappa shape index (κ3) is 2.01. The highest BCUT2D eigenvalue weighted by Crippen LogP contribution is 2.11. The van der Waals surface area contributed by atoms with E-state index in [1.54, 1.807) is 24.3 Å². The minimum absolute atomic E-state index is 1.05. The van der Waals surface area contributed by atoms with Crippen molar-refractivity contribution in [2.24, 2.45) is 0 Å². The van der Waals surface area contributed by atoms with Crippen LogP contribution >= 0.6 is 11.8 Å². The van der Waals surface area contributed by atoms with Crippen LogP contribution in [0.5, 0.6) is 0 Å². The molecular weight excluding hydrogens is 132 g/mol. The van der Waals surface area contributed by atoms with Gasteiger partial charge in [-0.1, -0.05) is 6.92 Å². The summed E-state index contributed by atoms with van der Waals surface area (Å²) in [6.07, 6.45) is 3.32. The molecule has 0 aliphatic heterocycles. The van der Waals surface area contributed by atoms with Crippen molar-refractivity contribution in [1.82, 2.24) is 9.97 Å². The van der Waals surface area contributed by atoms with Crippen LogP contribution in [0.4, 0.5) is 0 Å². The van der Waals surface area contributed by atoms with E-state index < -0.39 is 0 Å². The van der Waals surface area contributed by atoms with E-state index in [1.807, 2.05) is 6.07 Å². The van der Waals surface area contributed by atoms with Crippen LogP contribution in [0.15, 0.2) is 23.6 Å². The lowest BCUT2D eigenvalue weighted by molar-refractivity contribution is 1.05. The third-order valence-electron chi connectivity index (χ3n) is 0.847. The van der Waals surface area contributed by atoms with Crippen molar-refractivity contribution in [3.8, 4) is 0 Å². The van der Waals surface area contributed by atoms with Crippen LogP contribution in [-0.2, 0) is 0 Å². The number of nitrogens with zero attached hydrogens (tertiary/aromatic N) is 2. The lowest BCUT2D eigenvalue weighted by atomic mass is 10.7. The molecule has 9 heavy (non-hydrogen) atoms. The summed E-state index contributed by atoms with van der Waals surface area (Å²) in [5, 5.41) is 1.05. The molecular formula is C6H8N2S. The fraction of sp³-hybridized carbons (Fsp3) is 0.333. The van der Waals surface area contributed by atoms with Crippen molar-refractivity contribution in [1.29, 1.82) is 0 Å². The quantitative estimate of drug-likeness (QED) is 0.461. The number of hydrogen-bond acceptors (Lipinski definition) is 3. The minimum Gasteiger partial charge on any atom is -0.245 e. The van der Waals surface area contributed by atoms with Gasteiger partial charge in [0, 0.05) is 6.20 Å². The van der Waals surface area contributed by atoms with Crippen LogP contribution in [0.2, 0.25) is 0 Å². The molecule has 1 aromatic heterocycles. The van der Waals surface area contributed by atoms with Gasteiger partial charge in [0.05, 0.1) is 5.03 Å². The van der Waals surface area contributed by atoms with E-state index in [0.29, 0.717) is 0 Å². The molecule has 1 heterocycles. The molecule has 48 valence electrons. The van der Waals surface area contributed by atoms with Gasteiger partial charge in [0.2, 0.25) is 0 Å². The van der Waals surface area contributed by atoms with Gasteiger partial charge in [0.15, 0.2) is 0 Å². The predicted molar refractivity (Wildman–Crippen MR) is 38.4 cm³/mol. The molecule has 0 aliphatic rings. The van der Waals surface area contributed by atoms with Crippen molar-refractivity contribution in [3.05, 3.63) is 18.6 Å². The molecule has 0 N–H and O–H groups in total. The highest BCUT2D eigenvalue weighted by molar-refractivity contribution is 7.99. The molecule has 0 unspecified atom stereocenters. The van der Waals surface area contributed by atoms with Crippen LogP contribution in [-0.4, -0.2) is 15.7 Å². The van der Waals surface area contributed by atoms with Crippen LogP contribution in [0.25, 0.3) is 0 Å². The van der Waals surface area contributed by atoms with Crippen molar-refractivity contribution in [2.45, 2.75) is 11.9 Å². The predicted octanol–water partition coefficient (Wildman–Crippen LogP) is 1.59. The number of thioether (sulfide) groups is 1. The Kier molecular flexibility index (Phi) is 2.51. The van der Waals surface area contributed by atoms with Crippen LogP contribution in [0.3, 0.4) is 0 Å². The van der Waals surface area contributed by atoms with E-state index >= 15 is 0 Å². The third-order valence-corrected chi connectivity index (χ3v) is 1.67. The first-order valence-electron chi connectivity index (χ1n) is 2.82. The summed E-state index contributed by atoms with van der Waals surface area (Å²) in [6.45, 7) is 2.10. The lowest BCUT2D eigenvalue weighted by Gasteiger charge is -1.91. The first kappa shape index (κ1) is 6.55. The summed E-state index contributed by atoms with van der Waals surface area (Å²) in [5.41, 5.74) is 0. The van der Waals surface area contributed by atoms with E-state index in [9.17, 15) is 0 Å². The second kappa shape index (κ2) is 3.45. The number of rotatable bonds is 2. The topological polar surface area (TPSA) is 25.8 Å².